The number of hydrogen-bond acceptors (Lipinski definition) is 2. The molecule has 2 heteroatoms. The average Bonchev–Trinajstić information content (AvgIpc) is 2.39. The summed E-state index contributed by atoms with van der Waals surface area (Å²) >= 11 is 2.03. The molecule has 2 saturated heterocycles. The highest BCUT2D eigenvalue weighted by Crippen LogP contribution is 2.45. The van der Waals surface area contributed by atoms with E-state index in [0.717, 1.165) is 12.5 Å². The fourth-order valence-corrected chi connectivity index (χ4v) is 2.73. The minimum absolute atomic E-state index is 0.366. The quantitative estimate of drug-likeness (QED) is 0.456. The second-order valence-corrected chi connectivity index (χ2v) is 3.80. The maximum atomic E-state index is 5.35. The molecule has 0 aliphatic carbocycles. The van der Waals surface area contributed by atoms with Gasteiger partial charge in [-0.3, -0.25) is 0 Å². The van der Waals surface area contributed by atoms with Crippen LogP contribution in [0.3, 0.4) is 0 Å². The van der Waals surface area contributed by atoms with Gasteiger partial charge in [-0.05, 0) is 11.7 Å². The Balaban J connectivity index is 2.12. The lowest BCUT2D eigenvalue weighted by molar-refractivity contribution is 0.277. The topological polar surface area (TPSA) is 12.5 Å². The molecule has 2 aliphatic heterocycles. The average molecular weight is 130 g/mol. The molecule has 2 fully saturated rings. The number of ether oxygens (including phenoxy) is 1. The van der Waals surface area contributed by atoms with Crippen LogP contribution in [0, 0.1) is 5.92 Å². The minimum Gasteiger partial charge on any atom is -0.368 e. The summed E-state index contributed by atoms with van der Waals surface area (Å²) in [5, 5.41) is 0. The predicted molar refractivity (Wildman–Crippen MR) is 35.2 cm³/mol. The van der Waals surface area contributed by atoms with Crippen molar-refractivity contribution in [2.75, 3.05) is 18.1 Å². The fraction of sp³-hybridized carbons (Fsp3) is 1.00. The second-order valence-electron chi connectivity index (χ2n) is 2.77. The molecule has 0 N–H and O–H groups in total. The van der Waals surface area contributed by atoms with E-state index < -0.39 is 0 Å². The first kappa shape index (κ1) is 5.12. The third-order valence-corrected chi connectivity index (χ3v) is 3.56. The molecule has 0 aromatic carbocycles. The van der Waals surface area contributed by atoms with Crippen molar-refractivity contribution < 1.29 is 4.74 Å². The van der Waals surface area contributed by atoms with Crippen molar-refractivity contribution in [3.05, 3.63) is 0 Å². The third-order valence-electron chi connectivity index (χ3n) is 2.13. The first-order valence-electron chi connectivity index (χ1n) is 3.05. The van der Waals surface area contributed by atoms with E-state index in [2.05, 4.69) is 6.92 Å². The van der Waals surface area contributed by atoms with E-state index in [1.165, 1.54) is 11.5 Å². The van der Waals surface area contributed by atoms with Crippen LogP contribution in [-0.4, -0.2) is 23.7 Å². The van der Waals surface area contributed by atoms with Crippen molar-refractivity contribution in [1.82, 2.24) is 0 Å². The lowest BCUT2D eigenvalue weighted by Gasteiger charge is -2.04. The van der Waals surface area contributed by atoms with Crippen molar-refractivity contribution in [3.8, 4) is 0 Å². The first-order chi connectivity index (χ1) is 3.83. The van der Waals surface area contributed by atoms with Gasteiger partial charge in [0, 0.05) is 5.75 Å². The maximum absolute atomic E-state index is 5.35. The second kappa shape index (κ2) is 1.42. The van der Waals surface area contributed by atoms with E-state index >= 15 is 0 Å². The normalized spacial score (nSPS) is 52.9. The summed E-state index contributed by atoms with van der Waals surface area (Å²) < 4.78 is 5.35. The summed E-state index contributed by atoms with van der Waals surface area (Å²) in [4.78, 5) is 0. The van der Waals surface area contributed by atoms with Gasteiger partial charge < -0.3 is 4.74 Å². The van der Waals surface area contributed by atoms with Gasteiger partial charge in [0.25, 0.3) is 0 Å². The lowest BCUT2D eigenvalue weighted by Crippen LogP contribution is -2.18. The first-order valence-corrected chi connectivity index (χ1v) is 4.21. The van der Waals surface area contributed by atoms with Crippen LogP contribution >= 0.6 is 11.8 Å². The van der Waals surface area contributed by atoms with Gasteiger partial charge >= 0.3 is 0 Å². The molecule has 0 amide bonds. The molecule has 2 unspecified atom stereocenters. The van der Waals surface area contributed by atoms with Gasteiger partial charge in [-0.15, -0.1) is 0 Å². The molecule has 0 aromatic rings. The minimum atomic E-state index is 0.366. The smallest absolute Gasteiger partial charge is 0.104 e. The van der Waals surface area contributed by atoms with Gasteiger partial charge in [0.15, 0.2) is 0 Å². The molecule has 0 radical (unpaired) electrons. The highest BCUT2D eigenvalue weighted by molar-refractivity contribution is 7.99. The highest BCUT2D eigenvalue weighted by Gasteiger charge is 2.52. The van der Waals surface area contributed by atoms with Gasteiger partial charge in [0.1, 0.15) is 5.60 Å². The van der Waals surface area contributed by atoms with Crippen LogP contribution in [0.1, 0.15) is 6.92 Å². The molecule has 0 bridgehead atoms. The molecular formula is C6H10OS. The SMILES string of the molecule is CC1CSCC12CO2. The predicted octanol–water partition coefficient (Wildman–Crippen LogP) is 1.14. The molecule has 2 rings (SSSR count). The van der Waals surface area contributed by atoms with Crippen molar-refractivity contribution in [2.24, 2.45) is 5.92 Å². The molecule has 8 heavy (non-hydrogen) atoms. The van der Waals surface area contributed by atoms with Crippen LogP contribution < -0.4 is 0 Å². The van der Waals surface area contributed by atoms with Gasteiger partial charge in [-0.1, -0.05) is 6.92 Å². The van der Waals surface area contributed by atoms with Gasteiger partial charge in [0.2, 0.25) is 0 Å². The van der Waals surface area contributed by atoms with Crippen molar-refractivity contribution >= 4 is 11.8 Å². The van der Waals surface area contributed by atoms with Crippen LogP contribution in [-0.2, 0) is 4.74 Å². The monoisotopic (exact) mass is 130 g/mol. The standard InChI is InChI=1S/C6H10OS/c1-5-2-8-4-6(5)3-7-6/h5H,2-4H2,1H3. The van der Waals surface area contributed by atoms with Crippen molar-refractivity contribution in [3.63, 3.8) is 0 Å². The molecule has 1 spiro atoms. The maximum Gasteiger partial charge on any atom is 0.104 e. The Morgan fingerprint density at radius 2 is 2.50 bits per heavy atom. The molecule has 2 atom stereocenters. The Morgan fingerprint density at radius 3 is 2.75 bits per heavy atom. The largest absolute Gasteiger partial charge is 0.368 e. The van der Waals surface area contributed by atoms with E-state index in [1.54, 1.807) is 0 Å². The zero-order valence-electron chi connectivity index (χ0n) is 5.02. The summed E-state index contributed by atoms with van der Waals surface area (Å²) in [6.45, 7) is 3.31. The summed E-state index contributed by atoms with van der Waals surface area (Å²) in [5.74, 6) is 3.36. The van der Waals surface area contributed by atoms with E-state index in [1.807, 2.05) is 11.8 Å². The Bertz CT molecular complexity index is 109. The Morgan fingerprint density at radius 1 is 1.75 bits per heavy atom. The van der Waals surface area contributed by atoms with Crippen LogP contribution in [0.4, 0.5) is 0 Å². The van der Waals surface area contributed by atoms with Crippen LogP contribution in [0.2, 0.25) is 0 Å². The Hall–Kier alpha value is 0.310. The van der Waals surface area contributed by atoms with E-state index in [9.17, 15) is 0 Å². The van der Waals surface area contributed by atoms with Gasteiger partial charge in [0.05, 0.1) is 6.61 Å². The molecule has 2 heterocycles. The van der Waals surface area contributed by atoms with E-state index in [-0.39, 0.29) is 0 Å². The summed E-state index contributed by atoms with van der Waals surface area (Å²) in [6, 6.07) is 0. The number of hydrogen-bond donors (Lipinski definition) is 0. The molecule has 0 saturated carbocycles. The number of rotatable bonds is 0. The molecule has 2 aliphatic rings. The molecule has 1 nitrogen and oxygen atoms in total. The van der Waals surface area contributed by atoms with E-state index in [4.69, 9.17) is 4.74 Å². The van der Waals surface area contributed by atoms with Crippen LogP contribution in [0.5, 0.6) is 0 Å². The summed E-state index contributed by atoms with van der Waals surface area (Å²) in [6.07, 6.45) is 0. The lowest BCUT2D eigenvalue weighted by atomic mass is 10.00. The van der Waals surface area contributed by atoms with Crippen molar-refractivity contribution in [2.45, 2.75) is 12.5 Å². The van der Waals surface area contributed by atoms with Crippen molar-refractivity contribution in [1.29, 1.82) is 0 Å². The molecule has 0 aromatic heterocycles. The third kappa shape index (κ3) is 0.531. The zero-order valence-corrected chi connectivity index (χ0v) is 5.83. The summed E-state index contributed by atoms with van der Waals surface area (Å²) in [5.41, 5.74) is 0.366. The summed E-state index contributed by atoms with van der Waals surface area (Å²) in [7, 11) is 0. The molecular weight excluding hydrogens is 120 g/mol. The fourth-order valence-electron chi connectivity index (χ4n) is 1.16. The highest BCUT2D eigenvalue weighted by atomic mass is 32.2. The van der Waals surface area contributed by atoms with Crippen LogP contribution in [0.25, 0.3) is 0 Å². The Labute approximate surface area is 53.8 Å². The molecule has 46 valence electrons. The van der Waals surface area contributed by atoms with Crippen LogP contribution in [0.15, 0.2) is 0 Å². The van der Waals surface area contributed by atoms with E-state index in [0.29, 0.717) is 5.60 Å². The Kier molecular flexibility index (Phi) is 0.910. The zero-order chi connectivity index (χ0) is 5.61. The number of epoxide rings is 1. The van der Waals surface area contributed by atoms with Gasteiger partial charge in [-0.25, -0.2) is 0 Å². The number of thioether (sulfide) groups is 1. The van der Waals surface area contributed by atoms with Gasteiger partial charge in [-0.2, -0.15) is 11.8 Å².